The van der Waals surface area contributed by atoms with E-state index in [-0.39, 0.29) is 5.91 Å². The molecule has 0 aliphatic carbocycles. The highest BCUT2D eigenvalue weighted by molar-refractivity contribution is 5.96. The molecule has 5 nitrogen and oxygen atoms in total. The molecule has 0 spiro atoms. The van der Waals surface area contributed by atoms with Gasteiger partial charge in [-0.1, -0.05) is 0 Å². The van der Waals surface area contributed by atoms with E-state index in [0.717, 1.165) is 26.1 Å². The van der Waals surface area contributed by atoms with Gasteiger partial charge in [0.1, 0.15) is 0 Å². The maximum Gasteiger partial charge on any atom is 0.253 e. The number of carbonyl (C=O) groups excluding carboxylic acids is 1. The molecule has 0 radical (unpaired) electrons. The minimum absolute atomic E-state index is 0.0513. The minimum atomic E-state index is -0.0513. The standard InChI is InChI=1S/C14H21N3O2/c1-17(8-10-3-2-4-19-9-10)14(18)11-5-12(15)7-13(16)6-11/h5-7,10H,2-4,8-9,15-16H2,1H3. The lowest BCUT2D eigenvalue weighted by molar-refractivity contribution is 0.0388. The number of benzene rings is 1. The largest absolute Gasteiger partial charge is 0.399 e. The maximum absolute atomic E-state index is 12.3. The minimum Gasteiger partial charge on any atom is -0.399 e. The first-order chi connectivity index (χ1) is 9.06. The second-order valence-electron chi connectivity index (χ2n) is 5.16. The highest BCUT2D eigenvalue weighted by Crippen LogP contribution is 2.18. The summed E-state index contributed by atoms with van der Waals surface area (Å²) in [5.74, 6) is 0.366. The first kappa shape index (κ1) is 13.7. The molecule has 1 unspecified atom stereocenters. The van der Waals surface area contributed by atoms with E-state index in [9.17, 15) is 4.79 Å². The number of nitrogens with two attached hydrogens (primary N) is 2. The van der Waals surface area contributed by atoms with Gasteiger partial charge in [-0.05, 0) is 37.0 Å². The summed E-state index contributed by atoms with van der Waals surface area (Å²) in [6.07, 6.45) is 2.18. The third-order valence-electron chi connectivity index (χ3n) is 3.36. The van der Waals surface area contributed by atoms with Gasteiger partial charge in [0.2, 0.25) is 0 Å². The van der Waals surface area contributed by atoms with E-state index >= 15 is 0 Å². The first-order valence-corrected chi connectivity index (χ1v) is 6.55. The van der Waals surface area contributed by atoms with Crippen molar-refractivity contribution in [3.05, 3.63) is 23.8 Å². The van der Waals surface area contributed by atoms with E-state index < -0.39 is 0 Å². The van der Waals surface area contributed by atoms with Crippen LogP contribution in [0.15, 0.2) is 18.2 Å². The van der Waals surface area contributed by atoms with Crippen LogP contribution in [0.2, 0.25) is 0 Å². The number of nitrogens with zero attached hydrogens (tertiary/aromatic N) is 1. The number of nitrogen functional groups attached to an aromatic ring is 2. The van der Waals surface area contributed by atoms with Gasteiger partial charge in [-0.3, -0.25) is 4.79 Å². The van der Waals surface area contributed by atoms with Gasteiger partial charge < -0.3 is 21.1 Å². The quantitative estimate of drug-likeness (QED) is 0.806. The molecule has 0 saturated carbocycles. The smallest absolute Gasteiger partial charge is 0.253 e. The summed E-state index contributed by atoms with van der Waals surface area (Å²) in [5, 5.41) is 0. The van der Waals surface area contributed by atoms with E-state index in [0.29, 0.717) is 29.4 Å². The Bertz CT molecular complexity index is 436. The van der Waals surface area contributed by atoms with Gasteiger partial charge in [-0.2, -0.15) is 0 Å². The monoisotopic (exact) mass is 263 g/mol. The fourth-order valence-electron chi connectivity index (χ4n) is 2.44. The summed E-state index contributed by atoms with van der Waals surface area (Å²) < 4.78 is 5.43. The summed E-state index contributed by atoms with van der Waals surface area (Å²) in [6, 6.07) is 4.96. The number of carbonyl (C=O) groups is 1. The molecule has 1 aromatic carbocycles. The van der Waals surface area contributed by atoms with Crippen LogP contribution >= 0.6 is 0 Å². The van der Waals surface area contributed by atoms with E-state index in [1.807, 2.05) is 0 Å². The average Bonchev–Trinajstić information content (AvgIpc) is 2.37. The fourth-order valence-corrected chi connectivity index (χ4v) is 2.44. The zero-order chi connectivity index (χ0) is 13.8. The van der Waals surface area contributed by atoms with Crippen LogP contribution in [0.3, 0.4) is 0 Å². The molecule has 4 N–H and O–H groups in total. The number of hydrogen-bond donors (Lipinski definition) is 2. The van der Waals surface area contributed by atoms with Gasteiger partial charge in [0, 0.05) is 37.1 Å². The van der Waals surface area contributed by atoms with Crippen molar-refractivity contribution in [2.24, 2.45) is 5.92 Å². The maximum atomic E-state index is 12.3. The van der Waals surface area contributed by atoms with E-state index in [2.05, 4.69) is 0 Å². The summed E-state index contributed by atoms with van der Waals surface area (Å²) in [7, 11) is 1.80. The van der Waals surface area contributed by atoms with Gasteiger partial charge in [0.25, 0.3) is 5.91 Å². The second-order valence-corrected chi connectivity index (χ2v) is 5.16. The summed E-state index contributed by atoms with van der Waals surface area (Å²) in [6.45, 7) is 2.27. The van der Waals surface area contributed by atoms with Crippen molar-refractivity contribution < 1.29 is 9.53 Å². The Morgan fingerprint density at radius 3 is 2.63 bits per heavy atom. The molecule has 1 aromatic rings. The molecule has 1 saturated heterocycles. The predicted octanol–water partition coefficient (Wildman–Crippen LogP) is 1.35. The summed E-state index contributed by atoms with van der Waals surface area (Å²) in [5.41, 5.74) is 13.0. The van der Waals surface area contributed by atoms with E-state index in [1.165, 1.54) is 0 Å². The molecule has 1 aliphatic rings. The van der Waals surface area contributed by atoms with Crippen LogP contribution in [-0.4, -0.2) is 37.6 Å². The van der Waals surface area contributed by atoms with Crippen molar-refractivity contribution in [1.82, 2.24) is 4.90 Å². The molecule has 0 aromatic heterocycles. The molecule has 1 heterocycles. The van der Waals surface area contributed by atoms with Crippen LogP contribution in [0.5, 0.6) is 0 Å². The molecule has 0 bridgehead atoms. The van der Waals surface area contributed by atoms with Crippen LogP contribution < -0.4 is 11.5 Å². The first-order valence-electron chi connectivity index (χ1n) is 6.55. The lowest BCUT2D eigenvalue weighted by atomic mass is 10.0. The van der Waals surface area contributed by atoms with Crippen LogP contribution in [0.25, 0.3) is 0 Å². The van der Waals surface area contributed by atoms with Crippen molar-refractivity contribution in [3.8, 4) is 0 Å². The Hall–Kier alpha value is -1.75. The highest BCUT2D eigenvalue weighted by Gasteiger charge is 2.19. The Kier molecular flexibility index (Phi) is 4.27. The lowest BCUT2D eigenvalue weighted by Gasteiger charge is -2.27. The molecule has 1 aliphatic heterocycles. The van der Waals surface area contributed by atoms with Gasteiger partial charge in [-0.25, -0.2) is 0 Å². The molecule has 2 rings (SSSR count). The number of anilines is 2. The fraction of sp³-hybridized carbons (Fsp3) is 0.500. The van der Waals surface area contributed by atoms with Crippen molar-refractivity contribution in [2.45, 2.75) is 12.8 Å². The number of amides is 1. The van der Waals surface area contributed by atoms with E-state index in [1.54, 1.807) is 30.1 Å². The molecule has 1 fully saturated rings. The van der Waals surface area contributed by atoms with Crippen molar-refractivity contribution >= 4 is 17.3 Å². The third kappa shape index (κ3) is 3.61. The van der Waals surface area contributed by atoms with Gasteiger partial charge in [0.05, 0.1) is 6.61 Å². The van der Waals surface area contributed by atoms with Crippen LogP contribution in [-0.2, 0) is 4.74 Å². The molecule has 19 heavy (non-hydrogen) atoms. The Labute approximate surface area is 113 Å². The van der Waals surface area contributed by atoms with E-state index in [4.69, 9.17) is 16.2 Å². The van der Waals surface area contributed by atoms with Gasteiger partial charge >= 0.3 is 0 Å². The van der Waals surface area contributed by atoms with Crippen LogP contribution in [0.1, 0.15) is 23.2 Å². The SMILES string of the molecule is CN(CC1CCCOC1)C(=O)c1cc(N)cc(N)c1. The van der Waals surface area contributed by atoms with Gasteiger partial charge in [0.15, 0.2) is 0 Å². The number of rotatable bonds is 3. The molecule has 1 amide bonds. The number of ether oxygens (including phenoxy) is 1. The van der Waals surface area contributed by atoms with Crippen LogP contribution in [0.4, 0.5) is 11.4 Å². The average molecular weight is 263 g/mol. The van der Waals surface area contributed by atoms with Crippen LogP contribution in [0, 0.1) is 5.92 Å². The third-order valence-corrected chi connectivity index (χ3v) is 3.36. The molecule has 104 valence electrons. The molecular formula is C14H21N3O2. The highest BCUT2D eigenvalue weighted by atomic mass is 16.5. The zero-order valence-electron chi connectivity index (χ0n) is 11.3. The summed E-state index contributed by atoms with van der Waals surface area (Å²) >= 11 is 0. The molecular weight excluding hydrogens is 242 g/mol. The van der Waals surface area contributed by atoms with Gasteiger partial charge in [-0.15, -0.1) is 0 Å². The topological polar surface area (TPSA) is 81.6 Å². The Morgan fingerprint density at radius 1 is 1.37 bits per heavy atom. The summed E-state index contributed by atoms with van der Waals surface area (Å²) in [4.78, 5) is 14.0. The Morgan fingerprint density at radius 2 is 2.05 bits per heavy atom. The van der Waals surface area contributed by atoms with Crippen molar-refractivity contribution in [2.75, 3.05) is 38.3 Å². The molecule has 1 atom stereocenters. The predicted molar refractivity (Wildman–Crippen MR) is 75.8 cm³/mol. The van der Waals surface area contributed by atoms with Crippen molar-refractivity contribution in [3.63, 3.8) is 0 Å². The second kappa shape index (κ2) is 5.93. The number of hydrogen-bond acceptors (Lipinski definition) is 4. The van der Waals surface area contributed by atoms with Crippen molar-refractivity contribution in [1.29, 1.82) is 0 Å². The Balaban J connectivity index is 2.01. The molecule has 5 heteroatoms. The zero-order valence-corrected chi connectivity index (χ0v) is 11.3. The lowest BCUT2D eigenvalue weighted by Crippen LogP contribution is -2.35. The normalized spacial score (nSPS) is 19.1.